The standard InChI is InChI=1S/C14H22N2O/c1-14(2,10-15)11-16(3)13(17)9-12-7-5-4-6-8-12/h4-8H,9-11,15H2,1-3H3. The van der Waals surface area contributed by atoms with Gasteiger partial charge in [0.2, 0.25) is 5.91 Å². The van der Waals surface area contributed by atoms with Gasteiger partial charge in [0, 0.05) is 13.6 Å². The molecule has 0 saturated heterocycles. The van der Waals surface area contributed by atoms with Crippen LogP contribution in [0, 0.1) is 5.41 Å². The fourth-order valence-corrected chi connectivity index (χ4v) is 1.70. The van der Waals surface area contributed by atoms with Crippen molar-refractivity contribution in [1.82, 2.24) is 4.90 Å². The van der Waals surface area contributed by atoms with Crippen LogP contribution >= 0.6 is 0 Å². The summed E-state index contributed by atoms with van der Waals surface area (Å²) in [6, 6.07) is 9.80. The summed E-state index contributed by atoms with van der Waals surface area (Å²) >= 11 is 0. The van der Waals surface area contributed by atoms with Crippen molar-refractivity contribution in [2.24, 2.45) is 11.1 Å². The van der Waals surface area contributed by atoms with Crippen LogP contribution in [0.15, 0.2) is 30.3 Å². The molecule has 0 saturated carbocycles. The maximum atomic E-state index is 12.0. The van der Waals surface area contributed by atoms with Gasteiger partial charge in [0.05, 0.1) is 6.42 Å². The minimum atomic E-state index is -0.0267. The zero-order valence-corrected chi connectivity index (χ0v) is 10.9. The molecular formula is C14H22N2O. The number of likely N-dealkylation sites (N-methyl/N-ethyl adjacent to an activating group) is 1. The van der Waals surface area contributed by atoms with E-state index >= 15 is 0 Å². The Hall–Kier alpha value is -1.35. The lowest BCUT2D eigenvalue weighted by Gasteiger charge is -2.29. The molecule has 0 aliphatic heterocycles. The van der Waals surface area contributed by atoms with E-state index in [2.05, 4.69) is 13.8 Å². The van der Waals surface area contributed by atoms with Crippen LogP contribution in [0.4, 0.5) is 0 Å². The van der Waals surface area contributed by atoms with Gasteiger partial charge in [-0.2, -0.15) is 0 Å². The Balaban J connectivity index is 2.54. The molecule has 1 aromatic rings. The molecule has 1 rings (SSSR count). The van der Waals surface area contributed by atoms with Crippen molar-refractivity contribution in [1.29, 1.82) is 0 Å². The quantitative estimate of drug-likeness (QED) is 0.842. The SMILES string of the molecule is CN(CC(C)(C)CN)C(=O)Cc1ccccc1. The molecule has 3 nitrogen and oxygen atoms in total. The van der Waals surface area contributed by atoms with Gasteiger partial charge in [0.15, 0.2) is 0 Å². The van der Waals surface area contributed by atoms with E-state index < -0.39 is 0 Å². The maximum absolute atomic E-state index is 12.0. The number of hydrogen-bond donors (Lipinski definition) is 1. The van der Waals surface area contributed by atoms with Crippen LogP contribution in [-0.4, -0.2) is 30.9 Å². The molecule has 0 unspecified atom stereocenters. The number of amides is 1. The second kappa shape index (κ2) is 5.82. The molecule has 2 N–H and O–H groups in total. The van der Waals surface area contributed by atoms with E-state index in [1.807, 2.05) is 37.4 Å². The molecule has 0 aliphatic carbocycles. The highest BCUT2D eigenvalue weighted by Gasteiger charge is 2.20. The number of nitrogens with two attached hydrogens (primary N) is 1. The molecule has 0 spiro atoms. The highest BCUT2D eigenvalue weighted by Crippen LogP contribution is 2.14. The van der Waals surface area contributed by atoms with E-state index in [4.69, 9.17) is 5.73 Å². The van der Waals surface area contributed by atoms with Gasteiger partial charge in [-0.05, 0) is 17.5 Å². The van der Waals surface area contributed by atoms with Crippen LogP contribution in [-0.2, 0) is 11.2 Å². The lowest BCUT2D eigenvalue weighted by atomic mass is 9.93. The van der Waals surface area contributed by atoms with Crippen molar-refractivity contribution >= 4 is 5.91 Å². The van der Waals surface area contributed by atoms with Crippen molar-refractivity contribution in [2.75, 3.05) is 20.1 Å². The maximum Gasteiger partial charge on any atom is 0.226 e. The summed E-state index contributed by atoms with van der Waals surface area (Å²) in [5.74, 6) is 0.137. The normalized spacial score (nSPS) is 11.3. The Bertz CT molecular complexity index is 360. The third-order valence-electron chi connectivity index (χ3n) is 2.84. The van der Waals surface area contributed by atoms with Crippen molar-refractivity contribution in [2.45, 2.75) is 20.3 Å². The third-order valence-corrected chi connectivity index (χ3v) is 2.84. The Labute approximate surface area is 104 Å². The minimum absolute atomic E-state index is 0.0267. The second-order valence-corrected chi connectivity index (χ2v) is 5.28. The van der Waals surface area contributed by atoms with Crippen LogP contribution < -0.4 is 5.73 Å². The number of benzene rings is 1. The van der Waals surface area contributed by atoms with Gasteiger partial charge in [-0.1, -0.05) is 44.2 Å². The zero-order valence-electron chi connectivity index (χ0n) is 10.9. The van der Waals surface area contributed by atoms with E-state index in [9.17, 15) is 4.79 Å². The lowest BCUT2D eigenvalue weighted by Crippen LogP contribution is -2.40. The Morgan fingerprint density at radius 2 is 1.88 bits per heavy atom. The molecule has 17 heavy (non-hydrogen) atoms. The summed E-state index contributed by atoms with van der Waals surface area (Å²) < 4.78 is 0. The van der Waals surface area contributed by atoms with Gasteiger partial charge >= 0.3 is 0 Å². The molecule has 0 bridgehead atoms. The first-order valence-electron chi connectivity index (χ1n) is 5.92. The van der Waals surface area contributed by atoms with Crippen LogP contribution in [0.5, 0.6) is 0 Å². The first kappa shape index (κ1) is 13.7. The van der Waals surface area contributed by atoms with E-state index in [0.717, 1.165) is 5.56 Å². The van der Waals surface area contributed by atoms with Gasteiger partial charge in [0.25, 0.3) is 0 Å². The Kier molecular flexibility index (Phi) is 4.70. The van der Waals surface area contributed by atoms with Gasteiger partial charge in [-0.25, -0.2) is 0 Å². The largest absolute Gasteiger partial charge is 0.345 e. The van der Waals surface area contributed by atoms with Gasteiger partial charge in [-0.15, -0.1) is 0 Å². The molecule has 0 aliphatic rings. The predicted molar refractivity (Wildman–Crippen MR) is 70.6 cm³/mol. The fourth-order valence-electron chi connectivity index (χ4n) is 1.70. The fraction of sp³-hybridized carbons (Fsp3) is 0.500. The van der Waals surface area contributed by atoms with Crippen molar-refractivity contribution in [3.63, 3.8) is 0 Å². The first-order valence-corrected chi connectivity index (χ1v) is 5.92. The molecule has 3 heteroatoms. The topological polar surface area (TPSA) is 46.3 Å². The van der Waals surface area contributed by atoms with Gasteiger partial charge < -0.3 is 10.6 Å². The summed E-state index contributed by atoms with van der Waals surface area (Å²) in [5.41, 5.74) is 6.69. The van der Waals surface area contributed by atoms with Crippen molar-refractivity contribution in [3.05, 3.63) is 35.9 Å². The number of nitrogens with zero attached hydrogens (tertiary/aromatic N) is 1. The highest BCUT2D eigenvalue weighted by atomic mass is 16.2. The van der Waals surface area contributed by atoms with Gasteiger partial charge in [0.1, 0.15) is 0 Å². The highest BCUT2D eigenvalue weighted by molar-refractivity contribution is 5.78. The summed E-state index contributed by atoms with van der Waals surface area (Å²) in [6.45, 7) is 5.41. The van der Waals surface area contributed by atoms with Gasteiger partial charge in [-0.3, -0.25) is 4.79 Å². The lowest BCUT2D eigenvalue weighted by molar-refractivity contribution is -0.130. The van der Waals surface area contributed by atoms with Crippen LogP contribution in [0.25, 0.3) is 0 Å². The van der Waals surface area contributed by atoms with Crippen molar-refractivity contribution in [3.8, 4) is 0 Å². The molecule has 0 aromatic heterocycles. The summed E-state index contributed by atoms with van der Waals surface area (Å²) in [6.07, 6.45) is 0.456. The second-order valence-electron chi connectivity index (χ2n) is 5.28. The number of carbonyl (C=O) groups excluding carboxylic acids is 1. The van der Waals surface area contributed by atoms with E-state index in [1.165, 1.54) is 0 Å². The summed E-state index contributed by atoms with van der Waals surface area (Å²) in [7, 11) is 1.84. The first-order chi connectivity index (χ1) is 7.94. The monoisotopic (exact) mass is 234 g/mol. The predicted octanol–water partition coefficient (Wildman–Crippen LogP) is 1.67. The number of rotatable bonds is 5. The average Bonchev–Trinajstić information content (AvgIpc) is 2.30. The molecule has 1 aromatic carbocycles. The van der Waals surface area contributed by atoms with E-state index in [1.54, 1.807) is 4.90 Å². The summed E-state index contributed by atoms with van der Waals surface area (Å²) in [4.78, 5) is 13.8. The zero-order chi connectivity index (χ0) is 12.9. The Morgan fingerprint density at radius 3 is 2.41 bits per heavy atom. The number of carbonyl (C=O) groups is 1. The number of hydrogen-bond acceptors (Lipinski definition) is 2. The molecule has 0 heterocycles. The van der Waals surface area contributed by atoms with E-state index in [0.29, 0.717) is 19.5 Å². The average molecular weight is 234 g/mol. The molecule has 0 fully saturated rings. The molecule has 0 atom stereocenters. The van der Waals surface area contributed by atoms with Crippen LogP contribution in [0.2, 0.25) is 0 Å². The molecule has 1 amide bonds. The molecular weight excluding hydrogens is 212 g/mol. The smallest absolute Gasteiger partial charge is 0.226 e. The minimum Gasteiger partial charge on any atom is -0.345 e. The molecule has 94 valence electrons. The van der Waals surface area contributed by atoms with Crippen LogP contribution in [0.1, 0.15) is 19.4 Å². The third kappa shape index (κ3) is 4.57. The Morgan fingerprint density at radius 1 is 1.29 bits per heavy atom. The van der Waals surface area contributed by atoms with Crippen LogP contribution in [0.3, 0.4) is 0 Å². The summed E-state index contributed by atoms with van der Waals surface area (Å²) in [5, 5.41) is 0. The van der Waals surface area contributed by atoms with E-state index in [-0.39, 0.29) is 11.3 Å². The van der Waals surface area contributed by atoms with Crippen molar-refractivity contribution < 1.29 is 4.79 Å². The molecule has 0 radical (unpaired) electrons.